The predicted molar refractivity (Wildman–Crippen MR) is 64.8 cm³/mol. The summed E-state index contributed by atoms with van der Waals surface area (Å²) >= 11 is 0. The lowest BCUT2D eigenvalue weighted by Gasteiger charge is -2.20. The average molecular weight is 239 g/mol. The maximum absolute atomic E-state index is 14.1. The lowest BCUT2D eigenvalue weighted by atomic mass is 9.97. The fourth-order valence-corrected chi connectivity index (χ4v) is 2.47. The zero-order chi connectivity index (χ0) is 12.6. The Morgan fingerprint density at radius 1 is 1.41 bits per heavy atom. The van der Waals surface area contributed by atoms with Gasteiger partial charge >= 0.3 is 0 Å². The molecule has 1 aliphatic rings. The molecule has 1 saturated carbocycles. The Bertz CT molecular complexity index is 417. The molecule has 1 aromatic carbocycles. The highest BCUT2D eigenvalue weighted by Gasteiger charge is 2.41. The molecule has 0 bridgehead atoms. The van der Waals surface area contributed by atoms with E-state index in [-0.39, 0.29) is 11.6 Å². The minimum Gasteiger partial charge on any atom is -0.310 e. The van der Waals surface area contributed by atoms with Crippen LogP contribution in [-0.4, -0.2) is 6.54 Å². The van der Waals surface area contributed by atoms with Crippen molar-refractivity contribution in [2.24, 2.45) is 11.8 Å². The molecule has 0 radical (unpaired) electrons. The highest BCUT2D eigenvalue weighted by atomic mass is 19.1. The van der Waals surface area contributed by atoms with Gasteiger partial charge in [0.1, 0.15) is 11.6 Å². The summed E-state index contributed by atoms with van der Waals surface area (Å²) in [5.41, 5.74) is 0.735. The number of hydrogen-bond acceptors (Lipinski definition) is 1. The van der Waals surface area contributed by atoms with Gasteiger partial charge in [0.15, 0.2) is 0 Å². The fourth-order valence-electron chi connectivity index (χ4n) is 2.47. The number of halogens is 2. The highest BCUT2D eigenvalue weighted by Crippen LogP contribution is 2.48. The molecule has 94 valence electrons. The van der Waals surface area contributed by atoms with Crippen LogP contribution in [0.4, 0.5) is 8.78 Å². The van der Waals surface area contributed by atoms with Gasteiger partial charge in [-0.3, -0.25) is 0 Å². The van der Waals surface area contributed by atoms with Crippen molar-refractivity contribution < 1.29 is 8.78 Å². The summed E-state index contributed by atoms with van der Waals surface area (Å²) < 4.78 is 27.9. The molecule has 0 amide bonds. The third kappa shape index (κ3) is 2.34. The lowest BCUT2D eigenvalue weighted by Crippen LogP contribution is -2.25. The van der Waals surface area contributed by atoms with E-state index in [9.17, 15) is 8.78 Å². The largest absolute Gasteiger partial charge is 0.310 e. The second kappa shape index (κ2) is 4.73. The maximum atomic E-state index is 14.1. The molecule has 1 aromatic rings. The Balaban J connectivity index is 2.38. The lowest BCUT2D eigenvalue weighted by molar-refractivity contribution is 0.426. The molecule has 17 heavy (non-hydrogen) atoms. The predicted octanol–water partition coefficient (Wildman–Crippen LogP) is 3.58. The first-order valence-electron chi connectivity index (χ1n) is 6.24. The van der Waals surface area contributed by atoms with E-state index in [1.54, 1.807) is 6.92 Å². The van der Waals surface area contributed by atoms with Gasteiger partial charge in [-0.2, -0.15) is 0 Å². The molecular weight excluding hydrogens is 220 g/mol. The van der Waals surface area contributed by atoms with Crippen molar-refractivity contribution in [1.29, 1.82) is 0 Å². The van der Waals surface area contributed by atoms with E-state index in [4.69, 9.17) is 0 Å². The average Bonchev–Trinajstić information content (AvgIpc) is 3.00. The van der Waals surface area contributed by atoms with Crippen LogP contribution in [0.1, 0.15) is 37.4 Å². The monoisotopic (exact) mass is 239 g/mol. The van der Waals surface area contributed by atoms with Crippen LogP contribution >= 0.6 is 0 Å². The number of nitrogens with one attached hydrogen (secondary N) is 1. The topological polar surface area (TPSA) is 12.0 Å². The van der Waals surface area contributed by atoms with Crippen LogP contribution < -0.4 is 5.32 Å². The smallest absolute Gasteiger partial charge is 0.133 e. The zero-order valence-corrected chi connectivity index (χ0v) is 10.6. The van der Waals surface area contributed by atoms with Crippen LogP contribution in [0.3, 0.4) is 0 Å². The van der Waals surface area contributed by atoms with Crippen molar-refractivity contribution in [2.75, 3.05) is 6.54 Å². The van der Waals surface area contributed by atoms with Gasteiger partial charge in [-0.1, -0.05) is 19.9 Å². The van der Waals surface area contributed by atoms with Gasteiger partial charge in [0.05, 0.1) is 0 Å². The second-order valence-electron chi connectivity index (χ2n) is 5.00. The summed E-state index contributed by atoms with van der Waals surface area (Å²) in [5, 5.41) is 3.22. The molecule has 3 atom stereocenters. The maximum Gasteiger partial charge on any atom is 0.133 e. The molecule has 3 unspecified atom stereocenters. The Kier molecular flexibility index (Phi) is 3.48. The highest BCUT2D eigenvalue weighted by molar-refractivity contribution is 5.30. The SMILES string of the molecule is CCNC(c1c(F)ccc(C)c1F)C1CC1C. The molecule has 0 aliphatic heterocycles. The van der Waals surface area contributed by atoms with E-state index < -0.39 is 11.6 Å². The number of rotatable bonds is 4. The molecule has 0 spiro atoms. The van der Waals surface area contributed by atoms with E-state index in [0.717, 1.165) is 13.0 Å². The number of aryl methyl sites for hydroxylation is 1. The molecule has 0 aromatic heterocycles. The van der Waals surface area contributed by atoms with Crippen molar-refractivity contribution in [3.63, 3.8) is 0 Å². The van der Waals surface area contributed by atoms with Crippen molar-refractivity contribution in [1.82, 2.24) is 5.32 Å². The third-order valence-electron chi connectivity index (χ3n) is 3.65. The molecule has 1 N–H and O–H groups in total. The zero-order valence-electron chi connectivity index (χ0n) is 10.6. The molecule has 1 aliphatic carbocycles. The minimum absolute atomic E-state index is 0.185. The molecule has 0 heterocycles. The first-order chi connectivity index (χ1) is 8.06. The number of benzene rings is 1. The van der Waals surface area contributed by atoms with Gasteiger partial charge in [-0.15, -0.1) is 0 Å². The van der Waals surface area contributed by atoms with Gasteiger partial charge in [0.2, 0.25) is 0 Å². The standard InChI is InChI=1S/C14H19F2N/c1-4-17-14(10-7-9(10)3)12-11(15)6-5-8(2)13(12)16/h5-6,9-10,14,17H,4,7H2,1-3H3. The van der Waals surface area contributed by atoms with E-state index in [1.165, 1.54) is 12.1 Å². The molecule has 2 rings (SSSR count). The summed E-state index contributed by atoms with van der Waals surface area (Å²) in [6.45, 7) is 6.49. The summed E-state index contributed by atoms with van der Waals surface area (Å²) in [5.74, 6) is 0.0901. The summed E-state index contributed by atoms with van der Waals surface area (Å²) in [6.07, 6.45) is 1.05. The Labute approximate surface area is 101 Å². The van der Waals surface area contributed by atoms with Crippen LogP contribution in [0.2, 0.25) is 0 Å². The fraction of sp³-hybridized carbons (Fsp3) is 0.571. The van der Waals surface area contributed by atoms with Gasteiger partial charge in [0.25, 0.3) is 0 Å². The summed E-state index contributed by atoms with van der Waals surface area (Å²) in [7, 11) is 0. The van der Waals surface area contributed by atoms with E-state index >= 15 is 0 Å². The van der Waals surface area contributed by atoms with Gasteiger partial charge in [-0.05, 0) is 43.4 Å². The minimum atomic E-state index is -0.432. The second-order valence-corrected chi connectivity index (χ2v) is 5.00. The molecule has 1 nitrogen and oxygen atoms in total. The van der Waals surface area contributed by atoms with E-state index in [0.29, 0.717) is 17.4 Å². The van der Waals surface area contributed by atoms with Crippen molar-refractivity contribution in [2.45, 2.75) is 33.2 Å². The van der Waals surface area contributed by atoms with Gasteiger partial charge in [0, 0.05) is 11.6 Å². The first kappa shape index (κ1) is 12.5. The van der Waals surface area contributed by atoms with Crippen molar-refractivity contribution in [3.8, 4) is 0 Å². The Morgan fingerprint density at radius 2 is 2.06 bits per heavy atom. The van der Waals surface area contributed by atoms with Crippen LogP contribution in [0.25, 0.3) is 0 Å². The van der Waals surface area contributed by atoms with Crippen molar-refractivity contribution >= 4 is 0 Å². The van der Waals surface area contributed by atoms with E-state index in [2.05, 4.69) is 12.2 Å². The normalized spacial score (nSPS) is 24.8. The van der Waals surface area contributed by atoms with E-state index in [1.807, 2.05) is 6.92 Å². The molecule has 0 saturated heterocycles. The van der Waals surface area contributed by atoms with Crippen LogP contribution in [0, 0.1) is 30.4 Å². The number of hydrogen-bond donors (Lipinski definition) is 1. The molecule has 3 heteroatoms. The van der Waals surface area contributed by atoms with Crippen LogP contribution in [-0.2, 0) is 0 Å². The summed E-state index contributed by atoms with van der Waals surface area (Å²) in [4.78, 5) is 0. The third-order valence-corrected chi connectivity index (χ3v) is 3.65. The van der Waals surface area contributed by atoms with Crippen LogP contribution in [0.15, 0.2) is 12.1 Å². The Morgan fingerprint density at radius 3 is 2.59 bits per heavy atom. The molecular formula is C14H19F2N. The molecule has 1 fully saturated rings. The van der Waals surface area contributed by atoms with Gasteiger partial charge in [-0.25, -0.2) is 8.78 Å². The first-order valence-corrected chi connectivity index (χ1v) is 6.24. The van der Waals surface area contributed by atoms with Crippen LogP contribution in [0.5, 0.6) is 0 Å². The van der Waals surface area contributed by atoms with Gasteiger partial charge < -0.3 is 5.32 Å². The quantitative estimate of drug-likeness (QED) is 0.846. The summed E-state index contributed by atoms with van der Waals surface area (Å²) in [6, 6.07) is 2.67. The van der Waals surface area contributed by atoms with Crippen molar-refractivity contribution in [3.05, 3.63) is 34.9 Å². The Hall–Kier alpha value is -0.960.